The molecule has 1 rings (SSSR count). The fourth-order valence-corrected chi connectivity index (χ4v) is 0.503. The Morgan fingerprint density at radius 1 is 1.32 bits per heavy atom. The van der Waals surface area contributed by atoms with Gasteiger partial charge in [0.2, 0.25) is 23.1 Å². The lowest BCUT2D eigenvalue weighted by atomic mass is 10.6. The number of carbonyl (C=O) groups is 2. The third kappa shape index (κ3) is 44.9. The second kappa shape index (κ2) is 19.1. The topological polar surface area (TPSA) is 254 Å². The van der Waals surface area contributed by atoms with Crippen molar-refractivity contribution in [3.63, 3.8) is 0 Å². The number of hydrazone groups is 1. The molecular weight excluding hydrogens is 354 g/mol. The normalized spacial score (nSPS) is 7.56. The van der Waals surface area contributed by atoms with E-state index in [0.29, 0.717) is 5.95 Å². The number of anilines is 1. The Labute approximate surface area is 151 Å². The van der Waals surface area contributed by atoms with Crippen molar-refractivity contribution in [1.82, 2.24) is 20.6 Å². The molecule has 0 aliphatic heterocycles. The lowest BCUT2D eigenvalue weighted by Crippen LogP contribution is -2.27. The number of nitrogens with one attached hydrogen (secondary N) is 3. The van der Waals surface area contributed by atoms with Crippen LogP contribution in [0.2, 0.25) is 0 Å². The number of amidine groups is 1. The maximum Gasteiger partial charge on any atom is 0.239 e. The number of aryl methyl sites for hydroxylation is 1. The van der Waals surface area contributed by atoms with Gasteiger partial charge in [-0.1, -0.05) is 7.43 Å². The van der Waals surface area contributed by atoms with Gasteiger partial charge in [0.15, 0.2) is 0 Å². The van der Waals surface area contributed by atoms with Gasteiger partial charge >= 0.3 is 0 Å². The first-order valence-corrected chi connectivity index (χ1v) is 6.48. The minimum Gasteiger partial charge on any atom is -0.387 e. The van der Waals surface area contributed by atoms with Crippen molar-refractivity contribution < 1.29 is 9.59 Å². The Morgan fingerprint density at radius 2 is 1.72 bits per heavy atom. The number of nitrogens with zero attached hydrogens (tertiary/aromatic N) is 3. The van der Waals surface area contributed by atoms with Crippen LogP contribution in [0.1, 0.15) is 27.1 Å². The SMILES string of the molecule is C.CC(=O)Cl.CC(=O)NN=C(N)N.Cc1nc(N)n[nH]1.N=C(N)CN. The van der Waals surface area contributed by atoms with E-state index in [0.717, 1.165) is 5.82 Å². The molecule has 0 bridgehead atoms. The molecule has 1 heterocycles. The van der Waals surface area contributed by atoms with Crippen LogP contribution in [0.25, 0.3) is 0 Å². The molecule has 0 aromatic carbocycles. The first kappa shape index (κ1) is 30.0. The molecule has 0 fully saturated rings. The fourth-order valence-electron chi connectivity index (χ4n) is 0.503. The summed E-state index contributed by atoms with van der Waals surface area (Å²) in [5.74, 6) is 0.638. The number of hydrogen-bond donors (Lipinski definition) is 8. The van der Waals surface area contributed by atoms with E-state index in [1.165, 1.54) is 13.8 Å². The Balaban J connectivity index is -0.000000120. The van der Waals surface area contributed by atoms with Gasteiger partial charge in [0.05, 0.1) is 6.54 Å². The Kier molecular flexibility index (Phi) is 22.9. The van der Waals surface area contributed by atoms with Gasteiger partial charge in [0, 0.05) is 13.8 Å². The molecule has 1 amide bonds. The van der Waals surface area contributed by atoms with Gasteiger partial charge in [-0.2, -0.15) is 4.98 Å². The summed E-state index contributed by atoms with van der Waals surface area (Å²) in [5.41, 5.74) is 26.4. The van der Waals surface area contributed by atoms with Crippen LogP contribution in [-0.4, -0.2) is 44.7 Å². The Bertz CT molecular complexity index is 505. The number of halogens is 1. The molecule has 0 aliphatic rings. The third-order valence-corrected chi connectivity index (χ3v) is 1.18. The van der Waals surface area contributed by atoms with Gasteiger partial charge in [-0.05, 0) is 18.5 Å². The van der Waals surface area contributed by atoms with E-state index < -0.39 is 0 Å². The fraction of sp³-hybridized carbons (Fsp3) is 0.455. The minimum absolute atomic E-state index is 0. The monoisotopic (exact) mass is 381 g/mol. The van der Waals surface area contributed by atoms with Crippen LogP contribution in [-0.2, 0) is 9.59 Å². The highest BCUT2D eigenvalue weighted by atomic mass is 35.5. The number of rotatable bonds is 2. The van der Waals surface area contributed by atoms with Crippen molar-refractivity contribution in [3.05, 3.63) is 5.82 Å². The van der Waals surface area contributed by atoms with Crippen LogP contribution < -0.4 is 34.1 Å². The lowest BCUT2D eigenvalue weighted by molar-refractivity contribution is -0.119. The molecule has 14 heteroatoms. The average Bonchev–Trinajstić information content (AvgIpc) is 2.80. The van der Waals surface area contributed by atoms with Crippen molar-refractivity contribution in [3.8, 4) is 0 Å². The second-order valence-electron chi connectivity index (χ2n) is 3.68. The number of nitrogen functional groups attached to an aromatic ring is 1. The molecule has 0 saturated carbocycles. The molecule has 146 valence electrons. The van der Waals surface area contributed by atoms with Gasteiger partial charge in [0.25, 0.3) is 0 Å². The summed E-state index contributed by atoms with van der Waals surface area (Å²) in [4.78, 5) is 23.0. The molecule has 13 N–H and O–H groups in total. The van der Waals surface area contributed by atoms with Gasteiger partial charge in [-0.25, -0.2) is 5.43 Å². The maximum absolute atomic E-state index is 10.0. The van der Waals surface area contributed by atoms with Crippen molar-refractivity contribution in [2.75, 3.05) is 12.3 Å². The summed E-state index contributed by atoms with van der Waals surface area (Å²) in [6.45, 7) is 4.57. The van der Waals surface area contributed by atoms with E-state index in [2.05, 4.69) is 31.9 Å². The molecule has 25 heavy (non-hydrogen) atoms. The summed E-state index contributed by atoms with van der Waals surface area (Å²) in [5, 5.41) is 15.4. The number of hydrogen-bond acceptors (Lipinski definition) is 8. The van der Waals surface area contributed by atoms with E-state index in [-0.39, 0.29) is 36.9 Å². The second-order valence-corrected chi connectivity index (χ2v) is 4.22. The zero-order valence-electron chi connectivity index (χ0n) is 13.6. The number of aromatic nitrogens is 3. The zero-order valence-corrected chi connectivity index (χ0v) is 14.4. The minimum atomic E-state index is -0.361. The number of guanidine groups is 1. The third-order valence-electron chi connectivity index (χ3n) is 1.18. The average molecular weight is 382 g/mol. The van der Waals surface area contributed by atoms with Crippen LogP contribution in [0.3, 0.4) is 0 Å². The summed E-state index contributed by atoms with van der Waals surface area (Å²) < 4.78 is 0. The Morgan fingerprint density at radius 3 is 1.80 bits per heavy atom. The van der Waals surface area contributed by atoms with E-state index in [4.69, 9.17) is 34.1 Å². The highest BCUT2D eigenvalue weighted by molar-refractivity contribution is 6.62. The first-order chi connectivity index (χ1) is 10.9. The van der Waals surface area contributed by atoms with E-state index in [1.807, 2.05) is 5.43 Å². The van der Waals surface area contributed by atoms with Crippen molar-refractivity contribution in [2.24, 2.45) is 28.0 Å². The molecular formula is C11H28ClN11O2. The summed E-state index contributed by atoms with van der Waals surface area (Å²) in [7, 11) is 0. The molecule has 13 nitrogen and oxygen atoms in total. The number of carbonyl (C=O) groups excluding carboxylic acids is 2. The standard InChI is InChI=1S/C3H8N4O.C3H6N4.C2H3ClO.C2H7N3.CH4/c1-2(8)6-7-3(4)5;1-2-5-3(4)7-6-2;1-2(3)4;3-1-2(4)5;/h1H3,(H,6,8)(H4,4,5,7);1H3,(H3,4,5,6,7);1H3;1,3H2,(H3,4,5);1H4. The molecule has 1 aromatic heterocycles. The molecule has 0 radical (unpaired) electrons. The lowest BCUT2D eigenvalue weighted by Gasteiger charge is -1.90. The quantitative estimate of drug-likeness (QED) is 0.125. The van der Waals surface area contributed by atoms with Crippen molar-refractivity contribution >= 4 is 40.5 Å². The molecule has 0 atom stereocenters. The molecule has 0 spiro atoms. The molecule has 0 aliphatic carbocycles. The van der Waals surface area contributed by atoms with Gasteiger partial charge in [-0.15, -0.1) is 10.2 Å². The van der Waals surface area contributed by atoms with Gasteiger partial charge in [-0.3, -0.25) is 20.1 Å². The maximum atomic E-state index is 10.0. The van der Waals surface area contributed by atoms with Gasteiger partial charge in [0.1, 0.15) is 11.7 Å². The highest BCUT2D eigenvalue weighted by Crippen LogP contribution is 1.86. The van der Waals surface area contributed by atoms with Crippen LogP contribution in [0.5, 0.6) is 0 Å². The van der Waals surface area contributed by atoms with Crippen LogP contribution >= 0.6 is 11.6 Å². The highest BCUT2D eigenvalue weighted by Gasteiger charge is 1.86. The largest absolute Gasteiger partial charge is 0.387 e. The summed E-state index contributed by atoms with van der Waals surface area (Å²) in [6.07, 6.45) is 0. The van der Waals surface area contributed by atoms with Crippen LogP contribution in [0.15, 0.2) is 5.10 Å². The predicted molar refractivity (Wildman–Crippen MR) is 99.4 cm³/mol. The van der Waals surface area contributed by atoms with Crippen molar-refractivity contribution in [1.29, 1.82) is 5.41 Å². The zero-order chi connectivity index (χ0) is 19.7. The van der Waals surface area contributed by atoms with E-state index in [1.54, 1.807) is 6.92 Å². The molecule has 0 saturated heterocycles. The Hall–Kier alpha value is -2.93. The number of H-pyrrole nitrogens is 1. The summed E-state index contributed by atoms with van der Waals surface area (Å²) in [6, 6.07) is 0. The van der Waals surface area contributed by atoms with Gasteiger partial charge < -0.3 is 28.7 Å². The van der Waals surface area contributed by atoms with E-state index in [9.17, 15) is 9.59 Å². The van der Waals surface area contributed by atoms with Crippen LogP contribution in [0.4, 0.5) is 5.95 Å². The number of amides is 1. The first-order valence-electron chi connectivity index (χ1n) is 6.11. The van der Waals surface area contributed by atoms with E-state index >= 15 is 0 Å². The molecule has 0 unspecified atom stereocenters. The van der Waals surface area contributed by atoms with Crippen molar-refractivity contribution in [2.45, 2.75) is 28.2 Å². The molecule has 1 aromatic rings. The smallest absolute Gasteiger partial charge is 0.239 e. The predicted octanol–water partition coefficient (Wildman–Crippen LogP) is -1.70. The number of nitrogens with two attached hydrogens (primary N) is 5. The number of aromatic amines is 1. The summed E-state index contributed by atoms with van der Waals surface area (Å²) >= 11 is 4.64. The van der Waals surface area contributed by atoms with Crippen LogP contribution in [0, 0.1) is 12.3 Å².